The summed E-state index contributed by atoms with van der Waals surface area (Å²) < 4.78 is 1.88. The Morgan fingerprint density at radius 1 is 1.25 bits per heavy atom. The van der Waals surface area contributed by atoms with Crippen molar-refractivity contribution in [2.75, 3.05) is 6.54 Å². The molecule has 130 valence electrons. The molecule has 0 spiro atoms. The number of hydrogen-bond acceptors (Lipinski definition) is 3. The number of aryl methyl sites for hydroxylation is 2. The zero-order valence-corrected chi connectivity index (χ0v) is 15.1. The third kappa shape index (κ3) is 3.69. The molecule has 1 aromatic heterocycles. The van der Waals surface area contributed by atoms with Gasteiger partial charge in [0.05, 0.1) is 11.0 Å². The topological polar surface area (TPSA) is 46.9 Å². The summed E-state index contributed by atoms with van der Waals surface area (Å²) in [5.74, 6) is 1.61. The average Bonchev–Trinajstić information content (AvgIpc) is 2.56. The highest BCUT2D eigenvalue weighted by Crippen LogP contribution is 2.28. The van der Waals surface area contributed by atoms with E-state index in [1.807, 2.05) is 28.8 Å². The molecule has 1 saturated carbocycles. The van der Waals surface area contributed by atoms with Gasteiger partial charge in [-0.1, -0.05) is 26.0 Å². The lowest BCUT2D eigenvalue weighted by atomic mass is 9.80. The van der Waals surface area contributed by atoms with Crippen LogP contribution >= 0.6 is 0 Å². The number of benzene rings is 1. The van der Waals surface area contributed by atoms with Crippen molar-refractivity contribution in [1.29, 1.82) is 0 Å². The maximum absolute atomic E-state index is 12.4. The van der Waals surface area contributed by atoms with Crippen LogP contribution in [0.2, 0.25) is 0 Å². The van der Waals surface area contributed by atoms with Gasteiger partial charge in [0.25, 0.3) is 5.56 Å². The molecule has 1 N–H and O–H groups in total. The van der Waals surface area contributed by atoms with Crippen molar-refractivity contribution in [3.63, 3.8) is 0 Å². The normalized spacial score (nSPS) is 24.4. The second-order valence-corrected chi connectivity index (χ2v) is 7.45. The predicted molar refractivity (Wildman–Crippen MR) is 99.3 cm³/mol. The van der Waals surface area contributed by atoms with Crippen molar-refractivity contribution < 1.29 is 0 Å². The Labute approximate surface area is 144 Å². The van der Waals surface area contributed by atoms with Gasteiger partial charge in [0.2, 0.25) is 0 Å². The second-order valence-electron chi connectivity index (χ2n) is 7.45. The van der Waals surface area contributed by atoms with Gasteiger partial charge in [-0.3, -0.25) is 4.79 Å². The first-order valence-corrected chi connectivity index (χ1v) is 9.26. The molecule has 1 aromatic carbocycles. The lowest BCUT2D eigenvalue weighted by Gasteiger charge is -2.33. The van der Waals surface area contributed by atoms with Gasteiger partial charge in [0, 0.05) is 12.6 Å². The van der Waals surface area contributed by atoms with Crippen LogP contribution in [-0.4, -0.2) is 22.1 Å². The second kappa shape index (κ2) is 7.47. The number of fused-ring (bicyclic) bond motifs is 1. The SMILES string of the molecule is Cc1nc2ccccc2n(CCCN[C@@H]2CC[C@H](C)C[C@@H]2C)c1=O. The Morgan fingerprint density at radius 2 is 2.04 bits per heavy atom. The number of hydrogen-bond donors (Lipinski definition) is 1. The van der Waals surface area contributed by atoms with E-state index in [4.69, 9.17) is 0 Å². The molecule has 2 aromatic rings. The molecule has 0 bridgehead atoms. The minimum Gasteiger partial charge on any atom is -0.314 e. The van der Waals surface area contributed by atoms with E-state index in [-0.39, 0.29) is 5.56 Å². The van der Waals surface area contributed by atoms with Gasteiger partial charge in [0.1, 0.15) is 5.69 Å². The molecular formula is C20H29N3O. The van der Waals surface area contributed by atoms with E-state index in [9.17, 15) is 4.79 Å². The van der Waals surface area contributed by atoms with Gasteiger partial charge >= 0.3 is 0 Å². The van der Waals surface area contributed by atoms with Crippen molar-refractivity contribution >= 4 is 11.0 Å². The van der Waals surface area contributed by atoms with Crippen LogP contribution in [0.15, 0.2) is 29.1 Å². The summed E-state index contributed by atoms with van der Waals surface area (Å²) >= 11 is 0. The van der Waals surface area contributed by atoms with Crippen LogP contribution in [0.3, 0.4) is 0 Å². The van der Waals surface area contributed by atoms with Crippen LogP contribution < -0.4 is 10.9 Å². The smallest absolute Gasteiger partial charge is 0.272 e. The minimum atomic E-state index is 0.0357. The molecule has 0 aliphatic heterocycles. The van der Waals surface area contributed by atoms with Gasteiger partial charge in [-0.05, 0) is 63.1 Å². The van der Waals surface area contributed by atoms with Crippen LogP contribution in [0.1, 0.15) is 45.2 Å². The number of nitrogens with zero attached hydrogens (tertiary/aromatic N) is 2. The van der Waals surface area contributed by atoms with E-state index >= 15 is 0 Å². The lowest BCUT2D eigenvalue weighted by Crippen LogP contribution is -2.39. The summed E-state index contributed by atoms with van der Waals surface area (Å²) in [5.41, 5.74) is 2.45. The quantitative estimate of drug-likeness (QED) is 0.855. The standard InChI is InChI=1S/C20H29N3O/c1-14-9-10-17(15(2)13-14)21-11-6-12-23-19-8-5-4-7-18(19)22-16(3)20(23)24/h4-5,7-8,14-15,17,21H,6,9-13H2,1-3H3/t14-,15-,17+/m0/s1. The summed E-state index contributed by atoms with van der Waals surface area (Å²) in [5, 5.41) is 3.71. The van der Waals surface area contributed by atoms with Gasteiger partial charge < -0.3 is 9.88 Å². The fourth-order valence-electron chi connectivity index (χ4n) is 4.04. The highest BCUT2D eigenvalue weighted by molar-refractivity contribution is 5.74. The molecule has 1 fully saturated rings. The van der Waals surface area contributed by atoms with Crippen LogP contribution in [0.4, 0.5) is 0 Å². The Hall–Kier alpha value is -1.68. The molecule has 1 aliphatic carbocycles. The summed E-state index contributed by atoms with van der Waals surface area (Å²) in [6.07, 6.45) is 4.90. The molecule has 0 unspecified atom stereocenters. The van der Waals surface area contributed by atoms with Gasteiger partial charge in [-0.2, -0.15) is 0 Å². The minimum absolute atomic E-state index is 0.0357. The molecule has 3 rings (SSSR count). The Bertz CT molecular complexity index is 752. The largest absolute Gasteiger partial charge is 0.314 e. The molecule has 24 heavy (non-hydrogen) atoms. The Kier molecular flexibility index (Phi) is 5.34. The van der Waals surface area contributed by atoms with E-state index in [2.05, 4.69) is 24.1 Å². The molecule has 1 heterocycles. The maximum atomic E-state index is 12.4. The average molecular weight is 327 g/mol. The zero-order valence-electron chi connectivity index (χ0n) is 15.1. The lowest BCUT2D eigenvalue weighted by molar-refractivity contribution is 0.227. The summed E-state index contributed by atoms with van der Waals surface area (Å²) in [4.78, 5) is 16.9. The number of para-hydroxylation sites is 2. The fourth-order valence-corrected chi connectivity index (χ4v) is 4.04. The first-order valence-electron chi connectivity index (χ1n) is 9.26. The highest BCUT2D eigenvalue weighted by Gasteiger charge is 2.24. The third-order valence-electron chi connectivity index (χ3n) is 5.41. The number of nitrogens with one attached hydrogen (secondary N) is 1. The molecular weight excluding hydrogens is 298 g/mol. The van der Waals surface area contributed by atoms with Crippen molar-refractivity contribution in [3.8, 4) is 0 Å². The molecule has 4 heteroatoms. The fraction of sp³-hybridized carbons (Fsp3) is 0.600. The first-order chi connectivity index (χ1) is 11.6. The number of rotatable bonds is 5. The monoisotopic (exact) mass is 327 g/mol. The van der Waals surface area contributed by atoms with Gasteiger partial charge in [0.15, 0.2) is 0 Å². The van der Waals surface area contributed by atoms with E-state index < -0.39 is 0 Å². The van der Waals surface area contributed by atoms with Crippen molar-refractivity contribution in [2.45, 2.75) is 59.0 Å². The molecule has 4 nitrogen and oxygen atoms in total. The maximum Gasteiger partial charge on any atom is 0.272 e. The molecule has 3 atom stereocenters. The van der Waals surface area contributed by atoms with Crippen LogP contribution in [0, 0.1) is 18.8 Å². The van der Waals surface area contributed by atoms with E-state index in [0.29, 0.717) is 11.7 Å². The van der Waals surface area contributed by atoms with Crippen LogP contribution in [0.25, 0.3) is 11.0 Å². The van der Waals surface area contributed by atoms with Gasteiger partial charge in [-0.15, -0.1) is 0 Å². The Balaban J connectivity index is 1.62. The summed E-state index contributed by atoms with van der Waals surface area (Å²) in [7, 11) is 0. The summed E-state index contributed by atoms with van der Waals surface area (Å²) in [6.45, 7) is 8.22. The predicted octanol–water partition coefficient (Wildman–Crippen LogP) is 3.51. The van der Waals surface area contributed by atoms with Crippen molar-refractivity contribution in [3.05, 3.63) is 40.3 Å². The molecule has 0 amide bonds. The highest BCUT2D eigenvalue weighted by atomic mass is 16.1. The van der Waals surface area contributed by atoms with E-state index in [1.165, 1.54) is 19.3 Å². The molecule has 0 radical (unpaired) electrons. The van der Waals surface area contributed by atoms with Crippen molar-refractivity contribution in [1.82, 2.24) is 14.9 Å². The van der Waals surface area contributed by atoms with E-state index in [1.54, 1.807) is 6.92 Å². The van der Waals surface area contributed by atoms with Crippen molar-refractivity contribution in [2.24, 2.45) is 11.8 Å². The molecule has 1 aliphatic rings. The van der Waals surface area contributed by atoms with Crippen LogP contribution in [0.5, 0.6) is 0 Å². The van der Waals surface area contributed by atoms with E-state index in [0.717, 1.165) is 42.4 Å². The summed E-state index contributed by atoms with van der Waals surface area (Å²) in [6, 6.07) is 8.53. The Morgan fingerprint density at radius 3 is 2.83 bits per heavy atom. The molecule has 0 saturated heterocycles. The first kappa shape index (κ1) is 17.2. The zero-order chi connectivity index (χ0) is 17.1. The van der Waals surface area contributed by atoms with Crippen LogP contribution in [-0.2, 0) is 6.54 Å². The number of aromatic nitrogens is 2. The van der Waals surface area contributed by atoms with Gasteiger partial charge in [-0.25, -0.2) is 4.98 Å². The third-order valence-corrected chi connectivity index (χ3v) is 5.41.